The van der Waals surface area contributed by atoms with Crippen LogP contribution in [0.25, 0.3) is 0 Å². The highest BCUT2D eigenvalue weighted by Gasteiger charge is 2.56. The van der Waals surface area contributed by atoms with Crippen LogP contribution in [0.3, 0.4) is 0 Å². The Bertz CT molecular complexity index is 680. The first-order valence-corrected chi connectivity index (χ1v) is 15.9. The number of hydrogen-bond acceptors (Lipinski definition) is 4. The minimum atomic E-state index is -1.87. The molecule has 3 fully saturated rings. The van der Waals surface area contributed by atoms with Gasteiger partial charge in [-0.1, -0.05) is 73.0 Å². The van der Waals surface area contributed by atoms with Crippen molar-refractivity contribution in [2.45, 2.75) is 117 Å². The maximum absolute atomic E-state index is 12.9. The predicted molar refractivity (Wildman–Crippen MR) is 133 cm³/mol. The van der Waals surface area contributed by atoms with E-state index in [2.05, 4.69) is 66.8 Å². The third-order valence-corrected chi connectivity index (χ3v) is 12.9. The van der Waals surface area contributed by atoms with Crippen molar-refractivity contribution in [3.63, 3.8) is 0 Å². The zero-order valence-electron chi connectivity index (χ0n) is 22.0. The van der Waals surface area contributed by atoms with Crippen molar-refractivity contribution < 1.29 is 18.7 Å². The molecule has 1 spiro atoms. The fourth-order valence-corrected chi connectivity index (χ4v) is 6.56. The molecule has 0 bridgehead atoms. The molecule has 3 aliphatic rings. The number of allylic oxidation sites excluding steroid dienone is 1. The van der Waals surface area contributed by atoms with Gasteiger partial charge in [0.2, 0.25) is 0 Å². The highest BCUT2D eigenvalue weighted by Crippen LogP contribution is 2.54. The van der Waals surface area contributed by atoms with E-state index in [0.29, 0.717) is 24.0 Å². The summed E-state index contributed by atoms with van der Waals surface area (Å²) in [6.45, 7) is 19.6. The number of hydrogen-bond donors (Lipinski definition) is 0. The molecule has 32 heavy (non-hydrogen) atoms. The third-order valence-electron chi connectivity index (χ3n) is 8.35. The Morgan fingerprint density at radius 1 is 1.16 bits per heavy atom. The van der Waals surface area contributed by atoms with Gasteiger partial charge in [-0.25, -0.2) is 0 Å². The Kier molecular flexibility index (Phi) is 7.86. The van der Waals surface area contributed by atoms with Gasteiger partial charge >= 0.3 is 0 Å². The first-order valence-electron chi connectivity index (χ1n) is 12.9. The molecule has 1 heterocycles. The maximum Gasteiger partial charge on any atom is 0.192 e. The minimum Gasteiger partial charge on any atom is -0.411 e. The molecule has 5 heteroatoms. The van der Waals surface area contributed by atoms with Crippen LogP contribution in [0, 0.1) is 23.2 Å². The number of carbonyl (C=O) groups is 1. The van der Waals surface area contributed by atoms with Gasteiger partial charge in [-0.2, -0.15) is 0 Å². The first-order chi connectivity index (χ1) is 14.8. The van der Waals surface area contributed by atoms with Crippen molar-refractivity contribution >= 4 is 14.1 Å². The summed E-state index contributed by atoms with van der Waals surface area (Å²) in [5.41, 5.74) is 0.0743. The molecule has 3 rings (SSSR count). The normalized spacial score (nSPS) is 30.9. The van der Waals surface area contributed by atoms with E-state index < -0.39 is 14.1 Å². The van der Waals surface area contributed by atoms with Gasteiger partial charge in [-0.3, -0.25) is 4.79 Å². The van der Waals surface area contributed by atoms with Crippen LogP contribution in [0.15, 0.2) is 12.2 Å². The van der Waals surface area contributed by atoms with E-state index in [9.17, 15) is 4.79 Å². The zero-order valence-corrected chi connectivity index (χ0v) is 23.0. The topological polar surface area (TPSA) is 44.8 Å². The van der Waals surface area contributed by atoms with Crippen molar-refractivity contribution in [1.82, 2.24) is 0 Å². The van der Waals surface area contributed by atoms with Gasteiger partial charge in [0.1, 0.15) is 5.78 Å². The number of ketones is 1. The smallest absolute Gasteiger partial charge is 0.192 e. The van der Waals surface area contributed by atoms with Gasteiger partial charge in [0, 0.05) is 30.6 Å². The lowest BCUT2D eigenvalue weighted by atomic mass is 9.90. The summed E-state index contributed by atoms with van der Waals surface area (Å²) in [6.07, 6.45) is 11.6. The molecule has 184 valence electrons. The van der Waals surface area contributed by atoms with Crippen LogP contribution in [0.4, 0.5) is 0 Å². The summed E-state index contributed by atoms with van der Waals surface area (Å²) in [5, 5.41) is 0.180. The number of rotatable bonds is 8. The lowest BCUT2D eigenvalue weighted by Gasteiger charge is -2.42. The van der Waals surface area contributed by atoms with Gasteiger partial charge in [0.15, 0.2) is 14.1 Å². The lowest BCUT2D eigenvalue weighted by molar-refractivity contribution is -0.297. The van der Waals surface area contributed by atoms with Crippen molar-refractivity contribution in [2.75, 3.05) is 13.2 Å². The molecule has 0 amide bonds. The van der Waals surface area contributed by atoms with Crippen molar-refractivity contribution in [3.8, 4) is 0 Å². The van der Waals surface area contributed by atoms with E-state index in [4.69, 9.17) is 13.9 Å². The van der Waals surface area contributed by atoms with Gasteiger partial charge in [0.05, 0.1) is 19.3 Å². The first kappa shape index (κ1) is 26.1. The fraction of sp³-hybridized carbons (Fsp3) is 0.889. The summed E-state index contributed by atoms with van der Waals surface area (Å²) in [6, 6.07) is 0. The van der Waals surface area contributed by atoms with Crippen LogP contribution < -0.4 is 0 Å². The average Bonchev–Trinajstić information content (AvgIpc) is 3.15. The van der Waals surface area contributed by atoms with Crippen LogP contribution in [-0.4, -0.2) is 39.2 Å². The van der Waals surface area contributed by atoms with Crippen LogP contribution in [0.1, 0.15) is 86.5 Å². The Balaban J connectivity index is 1.69. The Labute approximate surface area is 198 Å². The molecule has 0 N–H and O–H groups in total. The standard InChI is InChI=1S/C27H48O4Si/c1-9-10-11-12-21(31-32(7,8)25(2,3)4)13-14-22-23-17-27(16-20(23)15-24(22)28)29-18-26(5,6)19-30-27/h13-14,20-23H,9-12,15-19H2,1-8H3/b14-13+/t20-,21+,22-,23+/m1/s1. The number of ether oxygens (including phenoxy) is 2. The van der Waals surface area contributed by atoms with E-state index >= 15 is 0 Å². The van der Waals surface area contributed by atoms with Crippen molar-refractivity contribution in [1.29, 1.82) is 0 Å². The SMILES string of the molecule is CCCCC[C@@H](/C=C/[C@H]1C(=O)C[C@@H]2CC3(C[C@@H]21)OCC(C)(C)CO3)O[Si](C)(C)C(C)(C)C. The maximum atomic E-state index is 12.9. The molecule has 4 atom stereocenters. The van der Waals surface area contributed by atoms with E-state index in [1.54, 1.807) is 0 Å². The summed E-state index contributed by atoms with van der Waals surface area (Å²) in [7, 11) is -1.87. The molecule has 0 aromatic rings. The van der Waals surface area contributed by atoms with Crippen molar-refractivity contribution in [3.05, 3.63) is 12.2 Å². The highest BCUT2D eigenvalue weighted by atomic mass is 28.4. The summed E-state index contributed by atoms with van der Waals surface area (Å²) in [5.74, 6) is 0.637. The molecule has 4 nitrogen and oxygen atoms in total. The zero-order chi connectivity index (χ0) is 23.8. The summed E-state index contributed by atoms with van der Waals surface area (Å²) >= 11 is 0. The Morgan fingerprint density at radius 3 is 2.41 bits per heavy atom. The molecule has 0 unspecified atom stereocenters. The van der Waals surface area contributed by atoms with Gasteiger partial charge in [0.25, 0.3) is 0 Å². The predicted octanol–water partition coefficient (Wildman–Crippen LogP) is 6.90. The number of unbranched alkanes of at least 4 members (excludes halogenated alkanes) is 2. The second-order valence-electron chi connectivity index (χ2n) is 13.0. The Morgan fingerprint density at radius 2 is 1.81 bits per heavy atom. The molecule has 1 aliphatic heterocycles. The molecular formula is C27H48O4Si. The summed E-state index contributed by atoms with van der Waals surface area (Å²) < 4.78 is 19.3. The average molecular weight is 465 g/mol. The van der Waals surface area contributed by atoms with Crippen LogP contribution in [-0.2, 0) is 18.7 Å². The largest absolute Gasteiger partial charge is 0.411 e. The van der Waals surface area contributed by atoms with Gasteiger partial charge < -0.3 is 13.9 Å². The molecule has 2 aliphatic carbocycles. The quantitative estimate of drug-likeness (QED) is 0.223. The van der Waals surface area contributed by atoms with Crippen LogP contribution >= 0.6 is 0 Å². The molecule has 0 aromatic heterocycles. The second kappa shape index (κ2) is 9.63. The minimum absolute atomic E-state index is 0.0156. The Hall–Kier alpha value is -0.493. The van der Waals surface area contributed by atoms with E-state index in [1.165, 1.54) is 19.3 Å². The third kappa shape index (κ3) is 5.95. The van der Waals surface area contributed by atoms with E-state index in [-0.39, 0.29) is 22.5 Å². The summed E-state index contributed by atoms with van der Waals surface area (Å²) in [4.78, 5) is 12.9. The highest BCUT2D eigenvalue weighted by molar-refractivity contribution is 6.74. The van der Waals surface area contributed by atoms with E-state index in [1.807, 2.05) is 0 Å². The monoisotopic (exact) mass is 464 g/mol. The molecular weight excluding hydrogens is 416 g/mol. The van der Waals surface area contributed by atoms with Gasteiger partial charge in [-0.05, 0) is 36.4 Å². The van der Waals surface area contributed by atoms with Crippen LogP contribution in [0.2, 0.25) is 18.1 Å². The molecule has 0 aromatic carbocycles. The number of Topliss-reactive ketones (excluding diaryl/α,β-unsaturated/α-hetero) is 1. The van der Waals surface area contributed by atoms with Crippen molar-refractivity contribution in [2.24, 2.45) is 23.2 Å². The lowest BCUT2D eigenvalue weighted by Crippen LogP contribution is -2.46. The number of fused-ring (bicyclic) bond motifs is 1. The van der Waals surface area contributed by atoms with Crippen LogP contribution in [0.5, 0.6) is 0 Å². The fourth-order valence-electron chi connectivity index (χ4n) is 5.25. The molecule has 2 saturated carbocycles. The second-order valence-corrected chi connectivity index (χ2v) is 17.7. The molecule has 0 radical (unpaired) electrons. The van der Waals surface area contributed by atoms with Gasteiger partial charge in [-0.15, -0.1) is 0 Å². The molecule has 1 saturated heterocycles. The van der Waals surface area contributed by atoms with E-state index in [0.717, 1.165) is 32.5 Å². The number of carbonyl (C=O) groups excluding carboxylic acids is 1.